The second-order valence-corrected chi connectivity index (χ2v) is 5.67. The van der Waals surface area contributed by atoms with Crippen LogP contribution in [0.25, 0.3) is 0 Å². The fourth-order valence-electron chi connectivity index (χ4n) is 1.68. The number of carbonyl (C=O) groups is 1. The van der Waals surface area contributed by atoms with Gasteiger partial charge in [0, 0.05) is 24.2 Å². The summed E-state index contributed by atoms with van der Waals surface area (Å²) in [6.07, 6.45) is 3.30. The largest absolute Gasteiger partial charge is 0.381 e. The van der Waals surface area contributed by atoms with Gasteiger partial charge in [-0.1, -0.05) is 15.9 Å². The van der Waals surface area contributed by atoms with Crippen LogP contribution in [0.3, 0.4) is 0 Å². The molecule has 0 bridgehead atoms. The number of amides is 1. The predicted molar refractivity (Wildman–Crippen MR) is 74.6 cm³/mol. The monoisotopic (exact) mass is 329 g/mol. The molecule has 0 atom stereocenters. The van der Waals surface area contributed by atoms with E-state index in [4.69, 9.17) is 4.74 Å². The number of hydrogen-bond donors (Lipinski definition) is 1. The quantitative estimate of drug-likeness (QED) is 0.780. The molecule has 0 unspecified atom stereocenters. The van der Waals surface area contributed by atoms with Gasteiger partial charge in [-0.05, 0) is 43.4 Å². The third-order valence-corrected chi connectivity index (χ3v) is 3.47. The lowest BCUT2D eigenvalue weighted by Crippen LogP contribution is -2.26. The van der Waals surface area contributed by atoms with Crippen molar-refractivity contribution >= 4 is 21.8 Å². The van der Waals surface area contributed by atoms with E-state index in [0.717, 1.165) is 18.9 Å². The Labute approximate surface area is 120 Å². The van der Waals surface area contributed by atoms with Crippen molar-refractivity contribution < 1.29 is 13.9 Å². The van der Waals surface area contributed by atoms with Crippen LogP contribution in [0.4, 0.5) is 4.39 Å². The first-order valence-electron chi connectivity index (χ1n) is 6.48. The molecule has 2 rings (SSSR count). The summed E-state index contributed by atoms with van der Waals surface area (Å²) in [5, 5.41) is 2.69. The van der Waals surface area contributed by atoms with Gasteiger partial charge < -0.3 is 10.1 Å². The Kier molecular flexibility index (Phi) is 5.34. The zero-order valence-electron chi connectivity index (χ0n) is 10.6. The lowest BCUT2D eigenvalue weighted by atomic mass is 10.2. The fourth-order valence-corrected chi connectivity index (χ4v) is 2.01. The van der Waals surface area contributed by atoms with E-state index in [1.54, 1.807) is 6.07 Å². The number of ether oxygens (including phenoxy) is 1. The molecular formula is C14H17BrFNO2. The second-order valence-electron chi connectivity index (χ2n) is 4.75. The molecule has 1 N–H and O–H groups in total. The van der Waals surface area contributed by atoms with Gasteiger partial charge in [0.1, 0.15) is 5.82 Å². The van der Waals surface area contributed by atoms with Crippen molar-refractivity contribution in [3.8, 4) is 0 Å². The SMILES string of the molecule is O=C(NCCCOCC1CC1)c1ccc(Br)cc1F. The molecule has 1 fully saturated rings. The number of rotatable bonds is 7. The van der Waals surface area contributed by atoms with Gasteiger partial charge in [0.2, 0.25) is 0 Å². The fraction of sp³-hybridized carbons (Fsp3) is 0.500. The van der Waals surface area contributed by atoms with Gasteiger partial charge in [0.25, 0.3) is 5.91 Å². The summed E-state index contributed by atoms with van der Waals surface area (Å²) >= 11 is 3.15. The van der Waals surface area contributed by atoms with Crippen molar-refractivity contribution in [2.45, 2.75) is 19.3 Å². The first-order chi connectivity index (χ1) is 9.16. The van der Waals surface area contributed by atoms with Crippen LogP contribution in [0.5, 0.6) is 0 Å². The van der Waals surface area contributed by atoms with Gasteiger partial charge in [0.05, 0.1) is 5.56 Å². The van der Waals surface area contributed by atoms with Crippen molar-refractivity contribution in [2.24, 2.45) is 5.92 Å². The average molecular weight is 330 g/mol. The average Bonchev–Trinajstić information content (AvgIpc) is 3.17. The number of carbonyl (C=O) groups excluding carboxylic acids is 1. The topological polar surface area (TPSA) is 38.3 Å². The second kappa shape index (κ2) is 7.01. The van der Waals surface area contributed by atoms with Crippen molar-refractivity contribution in [3.63, 3.8) is 0 Å². The lowest BCUT2D eigenvalue weighted by molar-refractivity contribution is 0.0933. The van der Waals surface area contributed by atoms with Gasteiger partial charge in [-0.3, -0.25) is 4.79 Å². The van der Waals surface area contributed by atoms with E-state index in [-0.39, 0.29) is 11.5 Å². The maximum Gasteiger partial charge on any atom is 0.254 e. The molecule has 0 heterocycles. The minimum Gasteiger partial charge on any atom is -0.381 e. The maximum absolute atomic E-state index is 13.5. The van der Waals surface area contributed by atoms with Crippen molar-refractivity contribution in [1.82, 2.24) is 5.32 Å². The minimum atomic E-state index is -0.517. The highest BCUT2D eigenvalue weighted by molar-refractivity contribution is 9.10. The van der Waals surface area contributed by atoms with Crippen molar-refractivity contribution in [3.05, 3.63) is 34.1 Å². The summed E-state index contributed by atoms with van der Waals surface area (Å²) in [5.41, 5.74) is 0.0714. The summed E-state index contributed by atoms with van der Waals surface area (Å²) < 4.78 is 19.6. The third-order valence-electron chi connectivity index (χ3n) is 2.98. The molecule has 0 spiro atoms. The molecular weight excluding hydrogens is 313 g/mol. The zero-order valence-corrected chi connectivity index (χ0v) is 12.2. The van der Waals surface area contributed by atoms with Crippen LogP contribution in [0.1, 0.15) is 29.6 Å². The molecule has 19 heavy (non-hydrogen) atoms. The number of benzene rings is 1. The van der Waals surface area contributed by atoms with E-state index >= 15 is 0 Å². The summed E-state index contributed by atoms with van der Waals surface area (Å²) in [4.78, 5) is 11.7. The van der Waals surface area contributed by atoms with E-state index in [9.17, 15) is 9.18 Å². The van der Waals surface area contributed by atoms with Crippen LogP contribution >= 0.6 is 15.9 Å². The van der Waals surface area contributed by atoms with Gasteiger partial charge in [-0.15, -0.1) is 0 Å². The number of hydrogen-bond acceptors (Lipinski definition) is 2. The summed E-state index contributed by atoms with van der Waals surface area (Å²) in [7, 11) is 0. The van der Waals surface area contributed by atoms with E-state index < -0.39 is 5.82 Å². The molecule has 1 amide bonds. The van der Waals surface area contributed by atoms with Crippen LogP contribution in [0.15, 0.2) is 22.7 Å². The van der Waals surface area contributed by atoms with Crippen LogP contribution in [-0.4, -0.2) is 25.7 Å². The summed E-state index contributed by atoms with van der Waals surface area (Å²) in [6.45, 7) is 1.97. The molecule has 0 saturated heterocycles. The van der Waals surface area contributed by atoms with Crippen LogP contribution < -0.4 is 5.32 Å². The van der Waals surface area contributed by atoms with E-state index in [1.807, 2.05) is 0 Å². The lowest BCUT2D eigenvalue weighted by Gasteiger charge is -2.07. The predicted octanol–water partition coefficient (Wildman–Crippen LogP) is 3.13. The molecule has 1 aliphatic carbocycles. The first-order valence-corrected chi connectivity index (χ1v) is 7.27. The Balaban J connectivity index is 1.65. The number of nitrogens with one attached hydrogen (secondary N) is 1. The van der Waals surface area contributed by atoms with Gasteiger partial charge >= 0.3 is 0 Å². The highest BCUT2D eigenvalue weighted by Crippen LogP contribution is 2.28. The molecule has 1 saturated carbocycles. The van der Waals surface area contributed by atoms with Crippen LogP contribution in [0.2, 0.25) is 0 Å². The maximum atomic E-state index is 13.5. The molecule has 5 heteroatoms. The first kappa shape index (κ1) is 14.5. The van der Waals surface area contributed by atoms with E-state index in [0.29, 0.717) is 17.6 Å². The Morgan fingerprint density at radius 2 is 2.26 bits per heavy atom. The smallest absolute Gasteiger partial charge is 0.254 e. The molecule has 1 aromatic rings. The van der Waals surface area contributed by atoms with Crippen LogP contribution in [0, 0.1) is 11.7 Å². The van der Waals surface area contributed by atoms with Crippen molar-refractivity contribution in [1.29, 1.82) is 0 Å². The molecule has 0 aromatic heterocycles. The highest BCUT2D eigenvalue weighted by atomic mass is 79.9. The molecule has 0 aliphatic heterocycles. The highest BCUT2D eigenvalue weighted by Gasteiger charge is 2.20. The summed E-state index contributed by atoms with van der Waals surface area (Å²) in [6, 6.07) is 4.41. The van der Waals surface area contributed by atoms with Gasteiger partial charge in [0.15, 0.2) is 0 Å². The van der Waals surface area contributed by atoms with Gasteiger partial charge in [-0.2, -0.15) is 0 Å². The minimum absolute atomic E-state index is 0.0714. The molecule has 0 radical (unpaired) electrons. The van der Waals surface area contributed by atoms with E-state index in [2.05, 4.69) is 21.2 Å². The Morgan fingerprint density at radius 1 is 1.47 bits per heavy atom. The molecule has 1 aromatic carbocycles. The van der Waals surface area contributed by atoms with E-state index in [1.165, 1.54) is 25.0 Å². The normalized spacial score (nSPS) is 14.4. The molecule has 1 aliphatic rings. The Hall–Kier alpha value is -0.940. The summed E-state index contributed by atoms with van der Waals surface area (Å²) in [5.74, 6) is -0.143. The molecule has 3 nitrogen and oxygen atoms in total. The zero-order chi connectivity index (χ0) is 13.7. The Morgan fingerprint density at radius 3 is 2.95 bits per heavy atom. The van der Waals surface area contributed by atoms with Crippen LogP contribution in [-0.2, 0) is 4.74 Å². The van der Waals surface area contributed by atoms with Gasteiger partial charge in [-0.25, -0.2) is 4.39 Å². The number of halogens is 2. The third kappa shape index (κ3) is 4.91. The van der Waals surface area contributed by atoms with Crippen molar-refractivity contribution in [2.75, 3.05) is 19.8 Å². The molecule has 104 valence electrons. The Bertz CT molecular complexity index is 449. The standard InChI is InChI=1S/C14H17BrFNO2/c15-11-4-5-12(13(16)8-11)14(18)17-6-1-7-19-9-10-2-3-10/h4-5,8,10H,1-3,6-7,9H2,(H,17,18).